The third-order valence-corrected chi connectivity index (χ3v) is 3.88. The van der Waals surface area contributed by atoms with Crippen LogP contribution in [-0.4, -0.2) is 0 Å². The molecule has 16 heavy (non-hydrogen) atoms. The minimum atomic E-state index is 0.0832. The summed E-state index contributed by atoms with van der Waals surface area (Å²) in [5.74, 6) is 0. The van der Waals surface area contributed by atoms with Crippen LogP contribution in [0.2, 0.25) is 5.02 Å². The number of hydrogen-bond acceptors (Lipinski definition) is 2. The molecule has 2 aromatic rings. The first-order chi connectivity index (χ1) is 7.65. The zero-order chi connectivity index (χ0) is 11.5. The second-order valence-electron chi connectivity index (χ2n) is 3.89. The second kappa shape index (κ2) is 5.00. The third kappa shape index (κ3) is 2.85. The van der Waals surface area contributed by atoms with Crippen molar-refractivity contribution in [2.24, 2.45) is 5.73 Å². The van der Waals surface area contributed by atoms with Gasteiger partial charge in [-0.25, -0.2) is 0 Å². The maximum absolute atomic E-state index is 6.16. The van der Waals surface area contributed by atoms with E-state index in [1.807, 2.05) is 24.3 Å². The molecule has 3 heteroatoms. The number of nitrogens with two attached hydrogens (primary N) is 1. The first-order valence-electron chi connectivity index (χ1n) is 5.21. The first-order valence-corrected chi connectivity index (χ1v) is 6.41. The second-order valence-corrected chi connectivity index (χ2v) is 5.64. The van der Waals surface area contributed by atoms with Gasteiger partial charge >= 0.3 is 0 Å². The van der Waals surface area contributed by atoms with E-state index >= 15 is 0 Å². The first kappa shape index (κ1) is 11.6. The van der Waals surface area contributed by atoms with Crippen LogP contribution in [0.4, 0.5) is 0 Å². The predicted molar refractivity (Wildman–Crippen MR) is 71.1 cm³/mol. The average Bonchev–Trinajstić information content (AvgIpc) is 2.68. The molecule has 2 rings (SSSR count). The lowest BCUT2D eigenvalue weighted by Gasteiger charge is -2.09. The molecule has 1 unspecified atom stereocenters. The highest BCUT2D eigenvalue weighted by atomic mass is 35.5. The molecule has 0 radical (unpaired) electrons. The molecular weight excluding hydrogens is 238 g/mol. The summed E-state index contributed by atoms with van der Waals surface area (Å²) in [6.07, 6.45) is 0.858. The van der Waals surface area contributed by atoms with Gasteiger partial charge in [0.2, 0.25) is 0 Å². The Morgan fingerprint density at radius 2 is 1.88 bits per heavy atom. The summed E-state index contributed by atoms with van der Waals surface area (Å²) in [7, 11) is 0. The van der Waals surface area contributed by atoms with E-state index in [4.69, 9.17) is 17.3 Å². The van der Waals surface area contributed by atoms with E-state index in [0.717, 1.165) is 11.4 Å². The molecule has 0 amide bonds. The lowest BCUT2D eigenvalue weighted by atomic mass is 10.1. The lowest BCUT2D eigenvalue weighted by molar-refractivity contribution is 0.736. The van der Waals surface area contributed by atoms with Crippen molar-refractivity contribution in [3.8, 4) is 0 Å². The van der Waals surface area contributed by atoms with Crippen molar-refractivity contribution in [1.82, 2.24) is 0 Å². The maximum Gasteiger partial charge on any atom is 0.0430 e. The molecule has 1 heterocycles. The average molecular weight is 252 g/mol. The molecule has 1 atom stereocenters. The Morgan fingerprint density at radius 1 is 1.19 bits per heavy atom. The van der Waals surface area contributed by atoms with Gasteiger partial charge in [-0.15, -0.1) is 11.3 Å². The molecular formula is C13H14ClNS. The van der Waals surface area contributed by atoms with Crippen LogP contribution in [0.15, 0.2) is 36.4 Å². The van der Waals surface area contributed by atoms with Crippen LogP contribution in [0.5, 0.6) is 0 Å². The van der Waals surface area contributed by atoms with Crippen molar-refractivity contribution in [1.29, 1.82) is 0 Å². The van der Waals surface area contributed by atoms with Gasteiger partial charge in [0.15, 0.2) is 0 Å². The minimum Gasteiger partial charge on any atom is -0.323 e. The van der Waals surface area contributed by atoms with Gasteiger partial charge in [0.25, 0.3) is 0 Å². The number of halogens is 1. The molecule has 0 bridgehead atoms. The molecule has 0 spiro atoms. The zero-order valence-electron chi connectivity index (χ0n) is 9.11. The quantitative estimate of drug-likeness (QED) is 0.878. The summed E-state index contributed by atoms with van der Waals surface area (Å²) in [6, 6.07) is 12.2. The van der Waals surface area contributed by atoms with Crippen LogP contribution in [0, 0.1) is 6.92 Å². The van der Waals surface area contributed by atoms with E-state index in [1.165, 1.54) is 15.3 Å². The Kier molecular flexibility index (Phi) is 3.64. The Hall–Kier alpha value is -0.830. The van der Waals surface area contributed by atoms with Gasteiger partial charge in [0.05, 0.1) is 0 Å². The van der Waals surface area contributed by atoms with Crippen LogP contribution in [-0.2, 0) is 6.42 Å². The molecule has 84 valence electrons. The molecule has 1 nitrogen and oxygen atoms in total. The number of thiophene rings is 1. The van der Waals surface area contributed by atoms with Gasteiger partial charge in [-0.1, -0.05) is 23.7 Å². The summed E-state index contributed by atoms with van der Waals surface area (Å²) in [5, 5.41) is 0.768. The molecule has 0 saturated heterocycles. The fraction of sp³-hybridized carbons (Fsp3) is 0.231. The highest BCUT2D eigenvalue weighted by molar-refractivity contribution is 7.12. The van der Waals surface area contributed by atoms with Crippen molar-refractivity contribution >= 4 is 22.9 Å². The summed E-state index contributed by atoms with van der Waals surface area (Å²) < 4.78 is 0. The summed E-state index contributed by atoms with van der Waals surface area (Å²) in [5.41, 5.74) is 7.38. The van der Waals surface area contributed by atoms with E-state index in [0.29, 0.717) is 0 Å². The van der Waals surface area contributed by atoms with Crippen LogP contribution in [0.25, 0.3) is 0 Å². The summed E-state index contributed by atoms with van der Waals surface area (Å²) >= 11 is 7.61. The molecule has 0 aliphatic heterocycles. The Morgan fingerprint density at radius 3 is 2.44 bits per heavy atom. The minimum absolute atomic E-state index is 0.0832. The van der Waals surface area contributed by atoms with Gasteiger partial charge < -0.3 is 5.73 Å². The standard InChI is InChI=1S/C13H14ClNS/c1-9-2-7-13(16-9)12(15)8-10-3-5-11(14)6-4-10/h2-7,12H,8,15H2,1H3. The van der Waals surface area contributed by atoms with Crippen molar-refractivity contribution in [3.63, 3.8) is 0 Å². The maximum atomic E-state index is 6.16. The van der Waals surface area contributed by atoms with E-state index in [9.17, 15) is 0 Å². The zero-order valence-corrected chi connectivity index (χ0v) is 10.7. The van der Waals surface area contributed by atoms with Crippen molar-refractivity contribution in [2.75, 3.05) is 0 Å². The van der Waals surface area contributed by atoms with E-state index in [-0.39, 0.29) is 6.04 Å². The van der Waals surface area contributed by atoms with E-state index < -0.39 is 0 Å². The molecule has 2 N–H and O–H groups in total. The SMILES string of the molecule is Cc1ccc(C(N)Cc2ccc(Cl)cc2)s1. The van der Waals surface area contributed by atoms with Crippen LogP contribution in [0.1, 0.15) is 21.4 Å². The molecule has 1 aromatic carbocycles. The molecule has 0 saturated carbocycles. The molecule has 0 aliphatic rings. The molecule has 0 aliphatic carbocycles. The van der Waals surface area contributed by atoms with Gasteiger partial charge in [0.1, 0.15) is 0 Å². The largest absolute Gasteiger partial charge is 0.323 e. The van der Waals surface area contributed by atoms with Crippen molar-refractivity contribution in [2.45, 2.75) is 19.4 Å². The lowest BCUT2D eigenvalue weighted by Crippen LogP contribution is -2.11. The number of hydrogen-bond donors (Lipinski definition) is 1. The van der Waals surface area contributed by atoms with Crippen LogP contribution in [0.3, 0.4) is 0 Å². The van der Waals surface area contributed by atoms with Gasteiger partial charge in [-0.05, 0) is 43.2 Å². The number of aryl methyl sites for hydroxylation is 1. The topological polar surface area (TPSA) is 26.0 Å². The van der Waals surface area contributed by atoms with E-state index in [1.54, 1.807) is 11.3 Å². The molecule has 1 aromatic heterocycles. The third-order valence-electron chi connectivity index (χ3n) is 2.50. The predicted octanol–water partition coefficient (Wildman–Crippen LogP) is 3.95. The van der Waals surface area contributed by atoms with Gasteiger partial charge in [-0.3, -0.25) is 0 Å². The Labute approximate surface area is 105 Å². The fourth-order valence-electron chi connectivity index (χ4n) is 1.63. The highest BCUT2D eigenvalue weighted by Crippen LogP contribution is 2.24. The molecule has 0 fully saturated rings. The smallest absolute Gasteiger partial charge is 0.0430 e. The van der Waals surface area contributed by atoms with Gasteiger partial charge in [0, 0.05) is 20.8 Å². The monoisotopic (exact) mass is 251 g/mol. The van der Waals surface area contributed by atoms with E-state index in [2.05, 4.69) is 19.1 Å². The van der Waals surface area contributed by atoms with Crippen molar-refractivity contribution < 1.29 is 0 Å². The normalized spacial score (nSPS) is 12.7. The fourth-order valence-corrected chi connectivity index (χ4v) is 2.63. The van der Waals surface area contributed by atoms with Crippen LogP contribution >= 0.6 is 22.9 Å². The Bertz CT molecular complexity index is 461. The summed E-state index contributed by atoms with van der Waals surface area (Å²) in [6.45, 7) is 2.10. The Balaban J connectivity index is 2.07. The summed E-state index contributed by atoms with van der Waals surface area (Å²) in [4.78, 5) is 2.55. The van der Waals surface area contributed by atoms with Crippen molar-refractivity contribution in [3.05, 3.63) is 56.7 Å². The van der Waals surface area contributed by atoms with Gasteiger partial charge in [-0.2, -0.15) is 0 Å². The van der Waals surface area contributed by atoms with Crippen LogP contribution < -0.4 is 5.73 Å². The number of benzene rings is 1. The highest BCUT2D eigenvalue weighted by Gasteiger charge is 2.08. The number of rotatable bonds is 3.